The molecule has 4 aromatic heterocycles. The van der Waals surface area contributed by atoms with Gasteiger partial charge in [-0.15, -0.1) is 0 Å². The lowest BCUT2D eigenvalue weighted by atomic mass is 9.95. The summed E-state index contributed by atoms with van der Waals surface area (Å²) in [6.45, 7) is 0. The van der Waals surface area contributed by atoms with Gasteiger partial charge in [-0.05, 0) is 68.8 Å². The second-order valence-electron chi connectivity index (χ2n) is 9.21. The molecule has 0 aliphatic heterocycles. The lowest BCUT2D eigenvalue weighted by molar-refractivity contribution is 1.33. The van der Waals surface area contributed by atoms with Gasteiger partial charge in [0.15, 0.2) is 0 Å². The summed E-state index contributed by atoms with van der Waals surface area (Å²) in [5.41, 5.74) is 10.9. The summed E-state index contributed by atoms with van der Waals surface area (Å²) in [6.07, 6.45) is 11.1. The zero-order valence-electron chi connectivity index (χ0n) is 20.5. The maximum Gasteiger partial charge on any atom is 0.0970 e. The molecule has 0 fully saturated rings. The summed E-state index contributed by atoms with van der Waals surface area (Å²) in [6, 6.07) is 33.8. The Kier molecular flexibility index (Phi) is 5.41. The second kappa shape index (κ2) is 9.34. The molecule has 7 aromatic rings. The van der Waals surface area contributed by atoms with Gasteiger partial charge in [0, 0.05) is 48.0 Å². The minimum Gasteiger partial charge on any atom is -0.264 e. The molecule has 0 saturated heterocycles. The normalized spacial score (nSPS) is 11.2. The smallest absolute Gasteiger partial charge is 0.0970 e. The Morgan fingerprint density at radius 2 is 0.763 bits per heavy atom. The lowest BCUT2D eigenvalue weighted by Crippen LogP contribution is -1.91. The number of aromatic nitrogens is 4. The summed E-state index contributed by atoms with van der Waals surface area (Å²) in [5, 5.41) is 2.18. The van der Waals surface area contributed by atoms with Crippen molar-refractivity contribution >= 4 is 21.8 Å². The van der Waals surface area contributed by atoms with E-state index in [-0.39, 0.29) is 0 Å². The molecule has 0 N–H and O–H groups in total. The Morgan fingerprint density at radius 1 is 0.342 bits per heavy atom. The fourth-order valence-corrected chi connectivity index (χ4v) is 5.08. The van der Waals surface area contributed by atoms with E-state index in [0.717, 1.165) is 66.3 Å². The first-order valence-electron chi connectivity index (χ1n) is 12.5. The maximum atomic E-state index is 4.77. The lowest BCUT2D eigenvalue weighted by Gasteiger charge is -2.12. The van der Waals surface area contributed by atoms with E-state index in [4.69, 9.17) is 9.97 Å². The van der Waals surface area contributed by atoms with Crippen LogP contribution in [0.15, 0.2) is 134 Å². The van der Waals surface area contributed by atoms with E-state index in [1.54, 1.807) is 12.4 Å². The van der Waals surface area contributed by atoms with Crippen LogP contribution >= 0.6 is 0 Å². The van der Waals surface area contributed by atoms with Gasteiger partial charge < -0.3 is 0 Å². The fourth-order valence-electron chi connectivity index (χ4n) is 5.08. The molecule has 0 amide bonds. The van der Waals surface area contributed by atoms with Gasteiger partial charge in [-0.2, -0.15) is 0 Å². The third-order valence-electron chi connectivity index (χ3n) is 7.00. The van der Waals surface area contributed by atoms with Crippen LogP contribution in [0.3, 0.4) is 0 Å². The number of hydrogen-bond donors (Lipinski definition) is 0. The zero-order chi connectivity index (χ0) is 25.3. The Labute approximate surface area is 220 Å². The highest BCUT2D eigenvalue weighted by atomic mass is 14.7. The van der Waals surface area contributed by atoms with Gasteiger partial charge in [0.1, 0.15) is 0 Å². The number of pyridine rings is 4. The van der Waals surface area contributed by atoms with E-state index in [1.165, 1.54) is 0 Å². The highest BCUT2D eigenvalue weighted by Crippen LogP contribution is 2.36. The van der Waals surface area contributed by atoms with Crippen LogP contribution in [0.5, 0.6) is 0 Å². The van der Waals surface area contributed by atoms with Crippen molar-refractivity contribution in [1.82, 2.24) is 19.9 Å². The molecule has 7 rings (SSSR count). The van der Waals surface area contributed by atoms with Crippen molar-refractivity contribution in [2.75, 3.05) is 0 Å². The van der Waals surface area contributed by atoms with Crippen molar-refractivity contribution in [3.05, 3.63) is 134 Å². The van der Waals surface area contributed by atoms with Gasteiger partial charge in [-0.3, -0.25) is 19.9 Å². The molecule has 38 heavy (non-hydrogen) atoms. The van der Waals surface area contributed by atoms with Gasteiger partial charge in [0.05, 0.1) is 11.0 Å². The second-order valence-corrected chi connectivity index (χ2v) is 9.21. The van der Waals surface area contributed by atoms with Crippen molar-refractivity contribution in [3.63, 3.8) is 0 Å². The van der Waals surface area contributed by atoms with Crippen molar-refractivity contribution in [2.45, 2.75) is 0 Å². The molecule has 0 saturated carbocycles. The SMILES string of the molecule is c1cncc(-c2ccc(-c3ccnc4c3ccc3c(-c5ccc(-c6cccnc6)cc5)ccnc34)cc2)c1. The minimum absolute atomic E-state index is 0.908. The highest BCUT2D eigenvalue weighted by Gasteiger charge is 2.12. The molecule has 0 atom stereocenters. The van der Waals surface area contributed by atoms with E-state index in [9.17, 15) is 0 Å². The largest absolute Gasteiger partial charge is 0.264 e. The molecule has 0 aliphatic carbocycles. The van der Waals surface area contributed by atoms with Crippen LogP contribution in [-0.2, 0) is 0 Å². The molecule has 0 bridgehead atoms. The number of fused-ring (bicyclic) bond motifs is 3. The van der Waals surface area contributed by atoms with Gasteiger partial charge in [-0.25, -0.2) is 0 Å². The van der Waals surface area contributed by atoms with E-state index in [1.807, 2.05) is 36.9 Å². The van der Waals surface area contributed by atoms with Crippen molar-refractivity contribution in [2.24, 2.45) is 0 Å². The van der Waals surface area contributed by atoms with Crippen LogP contribution in [0.2, 0.25) is 0 Å². The Bertz CT molecular complexity index is 1740. The van der Waals surface area contributed by atoms with Crippen LogP contribution in [0, 0.1) is 0 Å². The molecular formula is C34H22N4. The third-order valence-corrected chi connectivity index (χ3v) is 7.00. The zero-order valence-corrected chi connectivity index (χ0v) is 20.5. The average molecular weight is 487 g/mol. The van der Waals surface area contributed by atoms with Gasteiger partial charge in [-0.1, -0.05) is 72.8 Å². The Balaban J connectivity index is 1.30. The molecule has 0 aliphatic rings. The Morgan fingerprint density at radius 3 is 1.16 bits per heavy atom. The van der Waals surface area contributed by atoms with Crippen LogP contribution in [0.1, 0.15) is 0 Å². The van der Waals surface area contributed by atoms with Crippen LogP contribution in [0.25, 0.3) is 66.3 Å². The number of nitrogens with zero attached hydrogens (tertiary/aromatic N) is 4. The Hall–Kier alpha value is -5.22. The first kappa shape index (κ1) is 22.0. The maximum absolute atomic E-state index is 4.77. The molecule has 178 valence electrons. The van der Waals surface area contributed by atoms with Crippen molar-refractivity contribution in [1.29, 1.82) is 0 Å². The van der Waals surface area contributed by atoms with E-state index in [2.05, 4.69) is 94.9 Å². The average Bonchev–Trinajstić information content (AvgIpc) is 3.01. The topological polar surface area (TPSA) is 51.6 Å². The first-order valence-corrected chi connectivity index (χ1v) is 12.5. The quantitative estimate of drug-likeness (QED) is 0.235. The van der Waals surface area contributed by atoms with E-state index in [0.29, 0.717) is 0 Å². The summed E-state index contributed by atoms with van der Waals surface area (Å²) in [4.78, 5) is 18.0. The summed E-state index contributed by atoms with van der Waals surface area (Å²) < 4.78 is 0. The minimum atomic E-state index is 0.908. The molecule has 4 heterocycles. The molecule has 0 spiro atoms. The predicted octanol–water partition coefficient (Wildman–Crippen LogP) is 8.24. The standard InChI is InChI=1S/C34H22N4/c1-3-27(21-35-17-1)23-5-9-25(10-6-23)29-15-19-37-33-31(29)13-14-32-30(16-20-38-34(32)33)26-11-7-24(8-12-26)28-4-2-18-36-22-28/h1-22H. The molecule has 4 heteroatoms. The van der Waals surface area contributed by atoms with E-state index < -0.39 is 0 Å². The molecule has 0 radical (unpaired) electrons. The molecule has 3 aromatic carbocycles. The fraction of sp³-hybridized carbons (Fsp3) is 0. The van der Waals surface area contributed by atoms with Crippen molar-refractivity contribution < 1.29 is 0 Å². The van der Waals surface area contributed by atoms with Crippen LogP contribution in [-0.4, -0.2) is 19.9 Å². The molecular weight excluding hydrogens is 464 g/mol. The van der Waals surface area contributed by atoms with Crippen LogP contribution < -0.4 is 0 Å². The van der Waals surface area contributed by atoms with Gasteiger partial charge >= 0.3 is 0 Å². The number of benzene rings is 3. The van der Waals surface area contributed by atoms with Gasteiger partial charge in [0.25, 0.3) is 0 Å². The van der Waals surface area contributed by atoms with E-state index >= 15 is 0 Å². The monoisotopic (exact) mass is 486 g/mol. The molecule has 4 nitrogen and oxygen atoms in total. The summed E-state index contributed by atoms with van der Waals surface area (Å²) in [5.74, 6) is 0. The number of rotatable bonds is 4. The number of hydrogen-bond acceptors (Lipinski definition) is 4. The van der Waals surface area contributed by atoms with Crippen LogP contribution in [0.4, 0.5) is 0 Å². The molecule has 0 unspecified atom stereocenters. The van der Waals surface area contributed by atoms with Crippen molar-refractivity contribution in [3.8, 4) is 44.5 Å². The predicted molar refractivity (Wildman–Crippen MR) is 154 cm³/mol. The third kappa shape index (κ3) is 3.89. The van der Waals surface area contributed by atoms with Gasteiger partial charge in [0.2, 0.25) is 0 Å². The summed E-state index contributed by atoms with van der Waals surface area (Å²) >= 11 is 0. The first-order chi connectivity index (χ1) is 18.8. The highest BCUT2D eigenvalue weighted by molar-refractivity contribution is 6.11. The summed E-state index contributed by atoms with van der Waals surface area (Å²) in [7, 11) is 0.